The van der Waals surface area contributed by atoms with E-state index in [0.29, 0.717) is 26.2 Å². The predicted molar refractivity (Wildman–Crippen MR) is 98.4 cm³/mol. The molecule has 3 rings (SSSR count). The van der Waals surface area contributed by atoms with E-state index in [1.807, 2.05) is 12.1 Å². The first-order valence-corrected chi connectivity index (χ1v) is 9.69. The summed E-state index contributed by atoms with van der Waals surface area (Å²) in [5.74, 6) is -0.163. The van der Waals surface area contributed by atoms with Crippen molar-refractivity contribution >= 4 is 17.2 Å². The zero-order chi connectivity index (χ0) is 17.5. The highest BCUT2D eigenvalue weighted by Gasteiger charge is 2.35. The second-order valence-corrected chi connectivity index (χ2v) is 7.64. The molecule has 1 aromatic carbocycles. The first-order chi connectivity index (χ1) is 12.2. The van der Waals surface area contributed by atoms with Gasteiger partial charge < -0.3 is 10.1 Å². The zero-order valence-corrected chi connectivity index (χ0v) is 15.1. The first-order valence-electron chi connectivity index (χ1n) is 8.81. The van der Waals surface area contributed by atoms with Crippen LogP contribution in [0.2, 0.25) is 0 Å². The van der Waals surface area contributed by atoms with Crippen LogP contribution in [0.1, 0.15) is 36.1 Å². The van der Waals surface area contributed by atoms with Gasteiger partial charge in [-0.3, -0.25) is 4.79 Å². The highest BCUT2D eigenvalue weighted by atomic mass is 32.1. The topological polar surface area (TPSA) is 38.3 Å². The normalized spacial score (nSPS) is 16.5. The summed E-state index contributed by atoms with van der Waals surface area (Å²) in [4.78, 5) is 13.6. The Balaban J connectivity index is 1.56. The molecule has 3 nitrogen and oxygen atoms in total. The molecule has 1 aliphatic rings. The molecule has 0 saturated carbocycles. The Kier molecular flexibility index (Phi) is 6.21. The average Bonchev–Trinajstić information content (AvgIpc) is 3.14. The van der Waals surface area contributed by atoms with Crippen LogP contribution >= 0.6 is 11.3 Å². The fourth-order valence-electron chi connectivity index (χ4n) is 3.38. The molecule has 1 aromatic heterocycles. The number of carbonyl (C=O) groups is 1. The maximum Gasteiger partial charge on any atom is 0.220 e. The number of ether oxygens (including phenoxy) is 1. The van der Waals surface area contributed by atoms with E-state index in [-0.39, 0.29) is 17.1 Å². The monoisotopic (exact) mass is 361 g/mol. The van der Waals surface area contributed by atoms with Crippen molar-refractivity contribution in [3.63, 3.8) is 0 Å². The van der Waals surface area contributed by atoms with Gasteiger partial charge in [0.1, 0.15) is 5.82 Å². The maximum atomic E-state index is 13.7. The number of rotatable bonds is 7. The number of aryl methyl sites for hydroxylation is 1. The van der Waals surface area contributed by atoms with Crippen molar-refractivity contribution in [1.29, 1.82) is 0 Å². The smallest absolute Gasteiger partial charge is 0.220 e. The summed E-state index contributed by atoms with van der Waals surface area (Å²) in [5.41, 5.74) is 0.721. The van der Waals surface area contributed by atoms with Crippen LogP contribution < -0.4 is 5.32 Å². The molecule has 1 N–H and O–H groups in total. The molecule has 134 valence electrons. The van der Waals surface area contributed by atoms with Crippen molar-refractivity contribution in [3.05, 3.63) is 58.0 Å². The van der Waals surface area contributed by atoms with Crippen molar-refractivity contribution < 1.29 is 13.9 Å². The quantitative estimate of drug-likeness (QED) is 0.807. The van der Waals surface area contributed by atoms with Crippen molar-refractivity contribution in [2.45, 2.75) is 37.5 Å². The number of amides is 1. The van der Waals surface area contributed by atoms with Gasteiger partial charge in [0.25, 0.3) is 0 Å². The molecule has 5 heteroatoms. The standard InChI is InChI=1S/C20H24FNO2S/c21-17-5-1-4-16(14-17)20(9-11-24-12-10-20)15-22-19(23)8-2-6-18-7-3-13-25-18/h1,3-5,7,13-14H,2,6,8-12,15H2,(H,22,23). The third-order valence-electron chi connectivity index (χ3n) is 4.92. The Hall–Kier alpha value is -1.72. The summed E-state index contributed by atoms with van der Waals surface area (Å²) in [5, 5.41) is 5.14. The molecule has 2 aromatic rings. The lowest BCUT2D eigenvalue weighted by Crippen LogP contribution is -2.44. The number of carbonyl (C=O) groups excluding carboxylic acids is 1. The molecule has 0 bridgehead atoms. The number of nitrogens with one attached hydrogen (secondary N) is 1. The third-order valence-corrected chi connectivity index (χ3v) is 5.85. The molecule has 1 fully saturated rings. The zero-order valence-electron chi connectivity index (χ0n) is 14.3. The van der Waals surface area contributed by atoms with Crippen LogP contribution in [-0.4, -0.2) is 25.7 Å². The van der Waals surface area contributed by atoms with E-state index in [4.69, 9.17) is 4.74 Å². The first kappa shape index (κ1) is 18.1. The van der Waals surface area contributed by atoms with Crippen LogP contribution in [0.3, 0.4) is 0 Å². The number of halogens is 1. The summed E-state index contributed by atoms with van der Waals surface area (Å²) in [6, 6.07) is 10.9. The van der Waals surface area contributed by atoms with Gasteiger partial charge in [-0.15, -0.1) is 11.3 Å². The van der Waals surface area contributed by atoms with Crippen LogP contribution in [0.5, 0.6) is 0 Å². The Morgan fingerprint density at radius 3 is 2.80 bits per heavy atom. The van der Waals surface area contributed by atoms with Crippen LogP contribution in [0.4, 0.5) is 4.39 Å². The maximum absolute atomic E-state index is 13.7. The SMILES string of the molecule is O=C(CCCc1cccs1)NCC1(c2cccc(F)c2)CCOCC1. The second-order valence-electron chi connectivity index (χ2n) is 6.61. The minimum absolute atomic E-state index is 0.0684. The minimum atomic E-state index is -0.232. The fraction of sp³-hybridized carbons (Fsp3) is 0.450. The summed E-state index contributed by atoms with van der Waals surface area (Å²) < 4.78 is 19.2. The van der Waals surface area contributed by atoms with E-state index < -0.39 is 0 Å². The van der Waals surface area contributed by atoms with Crippen molar-refractivity contribution in [3.8, 4) is 0 Å². The number of hydrogen-bond donors (Lipinski definition) is 1. The van der Waals surface area contributed by atoms with Crippen LogP contribution in [-0.2, 0) is 21.4 Å². The van der Waals surface area contributed by atoms with Gasteiger partial charge in [-0.2, -0.15) is 0 Å². The van der Waals surface area contributed by atoms with Gasteiger partial charge in [-0.1, -0.05) is 18.2 Å². The number of benzene rings is 1. The van der Waals surface area contributed by atoms with Crippen molar-refractivity contribution in [1.82, 2.24) is 5.32 Å². The van der Waals surface area contributed by atoms with E-state index in [1.165, 1.54) is 10.9 Å². The summed E-state index contributed by atoms with van der Waals surface area (Å²) in [7, 11) is 0. The molecule has 0 spiro atoms. The van der Waals surface area contributed by atoms with Gasteiger partial charge in [0, 0.05) is 36.5 Å². The molecule has 0 radical (unpaired) electrons. The van der Waals surface area contributed by atoms with E-state index in [1.54, 1.807) is 23.5 Å². The largest absolute Gasteiger partial charge is 0.381 e. The lowest BCUT2D eigenvalue weighted by atomic mass is 9.74. The summed E-state index contributed by atoms with van der Waals surface area (Å²) >= 11 is 1.73. The van der Waals surface area contributed by atoms with Crippen molar-refractivity contribution in [2.75, 3.05) is 19.8 Å². The molecule has 1 aliphatic heterocycles. The Morgan fingerprint density at radius 2 is 2.08 bits per heavy atom. The van der Waals surface area contributed by atoms with Gasteiger partial charge in [0.2, 0.25) is 5.91 Å². The minimum Gasteiger partial charge on any atom is -0.381 e. The van der Waals surface area contributed by atoms with Crippen LogP contribution in [0, 0.1) is 5.82 Å². The molecule has 0 atom stereocenters. The van der Waals surface area contributed by atoms with Gasteiger partial charge >= 0.3 is 0 Å². The number of thiophene rings is 1. The summed E-state index contributed by atoms with van der Waals surface area (Å²) in [6.45, 7) is 1.83. The Labute approximate surface area is 152 Å². The van der Waals surface area contributed by atoms with E-state index >= 15 is 0 Å². The van der Waals surface area contributed by atoms with E-state index in [9.17, 15) is 9.18 Å². The Morgan fingerprint density at radius 1 is 1.24 bits per heavy atom. The third kappa shape index (κ3) is 4.89. The van der Waals surface area contributed by atoms with Crippen LogP contribution in [0.25, 0.3) is 0 Å². The van der Waals surface area contributed by atoms with E-state index in [2.05, 4.69) is 16.8 Å². The summed E-state index contributed by atoms with van der Waals surface area (Å²) in [6.07, 6.45) is 3.90. The molecule has 1 saturated heterocycles. The predicted octanol–water partition coefficient (Wildman–Crippen LogP) is 4.07. The van der Waals surface area contributed by atoms with Gasteiger partial charge in [-0.05, 0) is 54.8 Å². The molecular weight excluding hydrogens is 337 g/mol. The Bertz CT molecular complexity index is 681. The highest BCUT2D eigenvalue weighted by molar-refractivity contribution is 7.09. The molecule has 0 unspecified atom stereocenters. The van der Waals surface area contributed by atoms with Crippen LogP contribution in [0.15, 0.2) is 41.8 Å². The molecule has 1 amide bonds. The molecular formula is C20H24FNO2S. The highest BCUT2D eigenvalue weighted by Crippen LogP contribution is 2.34. The van der Waals surface area contributed by atoms with Crippen molar-refractivity contribution in [2.24, 2.45) is 0 Å². The second kappa shape index (κ2) is 8.59. The van der Waals surface area contributed by atoms with Gasteiger partial charge in [0.15, 0.2) is 0 Å². The molecule has 2 heterocycles. The van der Waals surface area contributed by atoms with Gasteiger partial charge in [-0.25, -0.2) is 4.39 Å². The average molecular weight is 361 g/mol. The van der Waals surface area contributed by atoms with Gasteiger partial charge in [0.05, 0.1) is 0 Å². The number of hydrogen-bond acceptors (Lipinski definition) is 3. The lowest BCUT2D eigenvalue weighted by Gasteiger charge is -2.38. The molecule has 0 aliphatic carbocycles. The fourth-order valence-corrected chi connectivity index (χ4v) is 4.13. The lowest BCUT2D eigenvalue weighted by molar-refractivity contribution is -0.121. The van der Waals surface area contributed by atoms with E-state index in [0.717, 1.165) is 31.2 Å². The molecule has 25 heavy (non-hydrogen) atoms.